The maximum Gasteiger partial charge on any atom is 0.418 e. The lowest BCUT2D eigenvalue weighted by molar-refractivity contribution is -0.137. The van der Waals surface area contributed by atoms with Crippen LogP contribution in [0.5, 0.6) is 0 Å². The third-order valence-corrected chi connectivity index (χ3v) is 3.83. The van der Waals surface area contributed by atoms with E-state index in [0.29, 0.717) is 13.1 Å². The molecule has 6 heteroatoms. The van der Waals surface area contributed by atoms with Crippen molar-refractivity contribution in [3.05, 3.63) is 28.8 Å². The lowest BCUT2D eigenvalue weighted by atomic mass is 10.0. The van der Waals surface area contributed by atoms with Gasteiger partial charge in [-0.3, -0.25) is 0 Å². The molecule has 0 amide bonds. The molecule has 1 N–H and O–H groups in total. The normalized spacial score (nSPS) is 20.2. The number of hydrogen-bond acceptors (Lipinski definition) is 2. The van der Waals surface area contributed by atoms with E-state index in [9.17, 15) is 13.2 Å². The lowest BCUT2D eigenvalue weighted by Crippen LogP contribution is -2.46. The molecule has 2 nitrogen and oxygen atoms in total. The van der Waals surface area contributed by atoms with E-state index in [0.717, 1.165) is 25.5 Å². The fraction of sp³-hybridized carbons (Fsp3) is 0.571. The average Bonchev–Trinajstić information content (AvgIpc) is 2.38. The second kappa shape index (κ2) is 6.22. The van der Waals surface area contributed by atoms with Crippen molar-refractivity contribution in [3.8, 4) is 0 Å². The van der Waals surface area contributed by atoms with E-state index >= 15 is 0 Å². The summed E-state index contributed by atoms with van der Waals surface area (Å²) >= 11 is 6.03. The molecule has 1 atom stereocenters. The topological polar surface area (TPSA) is 15.3 Å². The van der Waals surface area contributed by atoms with Gasteiger partial charge in [0.25, 0.3) is 0 Å². The van der Waals surface area contributed by atoms with Crippen molar-refractivity contribution in [2.45, 2.75) is 32.0 Å². The first-order chi connectivity index (χ1) is 9.43. The van der Waals surface area contributed by atoms with E-state index in [4.69, 9.17) is 11.6 Å². The minimum Gasteiger partial charge on any atom is -0.368 e. The van der Waals surface area contributed by atoms with Gasteiger partial charge < -0.3 is 10.2 Å². The van der Waals surface area contributed by atoms with Crippen LogP contribution in [0.4, 0.5) is 18.9 Å². The second-order valence-corrected chi connectivity index (χ2v) is 5.38. The van der Waals surface area contributed by atoms with Crippen molar-refractivity contribution in [2.75, 3.05) is 24.5 Å². The molecule has 0 aliphatic carbocycles. The first-order valence-electron chi connectivity index (χ1n) is 6.77. The van der Waals surface area contributed by atoms with Crippen molar-refractivity contribution in [2.24, 2.45) is 0 Å². The fourth-order valence-corrected chi connectivity index (χ4v) is 3.00. The molecule has 1 saturated heterocycles. The highest BCUT2D eigenvalue weighted by Crippen LogP contribution is 2.41. The maximum atomic E-state index is 13.1. The van der Waals surface area contributed by atoms with E-state index in [1.165, 1.54) is 12.1 Å². The molecule has 1 fully saturated rings. The van der Waals surface area contributed by atoms with Gasteiger partial charge in [0.15, 0.2) is 0 Å². The zero-order valence-corrected chi connectivity index (χ0v) is 12.1. The van der Waals surface area contributed by atoms with E-state index in [-0.39, 0.29) is 16.8 Å². The summed E-state index contributed by atoms with van der Waals surface area (Å²) in [5, 5.41) is 3.46. The Morgan fingerprint density at radius 2 is 2.15 bits per heavy atom. The van der Waals surface area contributed by atoms with Gasteiger partial charge >= 0.3 is 6.18 Å². The van der Waals surface area contributed by atoms with E-state index in [1.807, 2.05) is 6.92 Å². The largest absolute Gasteiger partial charge is 0.418 e. The maximum absolute atomic E-state index is 13.1. The van der Waals surface area contributed by atoms with Crippen LogP contribution < -0.4 is 10.2 Å². The van der Waals surface area contributed by atoms with Gasteiger partial charge in [-0.05, 0) is 31.5 Å². The smallest absolute Gasteiger partial charge is 0.368 e. The zero-order valence-electron chi connectivity index (χ0n) is 11.3. The summed E-state index contributed by atoms with van der Waals surface area (Å²) in [6.07, 6.45) is -2.54. The van der Waals surface area contributed by atoms with Gasteiger partial charge in [-0.2, -0.15) is 13.2 Å². The average molecular weight is 307 g/mol. The van der Waals surface area contributed by atoms with Crippen LogP contribution in [0.15, 0.2) is 18.2 Å². The van der Waals surface area contributed by atoms with Crippen molar-refractivity contribution in [1.29, 1.82) is 0 Å². The molecule has 0 aromatic heterocycles. The first kappa shape index (κ1) is 15.4. The summed E-state index contributed by atoms with van der Waals surface area (Å²) in [4.78, 5) is 1.75. The third kappa shape index (κ3) is 3.38. The van der Waals surface area contributed by atoms with Crippen LogP contribution in [0.3, 0.4) is 0 Å². The Morgan fingerprint density at radius 3 is 2.80 bits per heavy atom. The Balaban J connectivity index is 2.32. The highest BCUT2D eigenvalue weighted by atomic mass is 35.5. The van der Waals surface area contributed by atoms with Crippen LogP contribution in [0.2, 0.25) is 5.02 Å². The highest BCUT2D eigenvalue weighted by Gasteiger charge is 2.36. The number of hydrogen-bond donors (Lipinski definition) is 1. The number of halogens is 4. The van der Waals surface area contributed by atoms with Gasteiger partial charge in [-0.25, -0.2) is 0 Å². The van der Waals surface area contributed by atoms with Gasteiger partial charge in [0.1, 0.15) is 0 Å². The lowest BCUT2D eigenvalue weighted by Gasteiger charge is -2.36. The van der Waals surface area contributed by atoms with Crippen molar-refractivity contribution in [3.63, 3.8) is 0 Å². The molecular formula is C14H18ClF3N2. The van der Waals surface area contributed by atoms with Crippen molar-refractivity contribution < 1.29 is 13.2 Å². The van der Waals surface area contributed by atoms with Crippen molar-refractivity contribution >= 4 is 17.3 Å². The van der Waals surface area contributed by atoms with E-state index < -0.39 is 11.7 Å². The molecule has 1 heterocycles. The quantitative estimate of drug-likeness (QED) is 0.910. The highest BCUT2D eigenvalue weighted by molar-refractivity contribution is 6.33. The molecule has 112 valence electrons. The monoisotopic (exact) mass is 306 g/mol. The summed E-state index contributed by atoms with van der Waals surface area (Å²) < 4.78 is 39.4. The molecule has 1 aromatic rings. The Hall–Kier alpha value is -0.940. The van der Waals surface area contributed by atoms with Gasteiger partial charge in [0.2, 0.25) is 0 Å². The number of piperidine rings is 1. The Bertz CT molecular complexity index is 460. The molecule has 0 spiro atoms. The summed E-state index contributed by atoms with van der Waals surface area (Å²) in [7, 11) is 0. The molecule has 2 rings (SSSR count). The predicted octanol–water partition coefficient (Wildman–Crippen LogP) is 3.94. The Kier molecular flexibility index (Phi) is 4.81. The molecule has 1 unspecified atom stereocenters. The van der Waals surface area contributed by atoms with Crippen LogP contribution in [-0.4, -0.2) is 25.7 Å². The minimum absolute atomic E-state index is 0.115. The molecule has 1 aliphatic rings. The number of likely N-dealkylation sites (N-methyl/N-ethyl adjacent to an activating group) is 1. The van der Waals surface area contributed by atoms with Crippen LogP contribution in [-0.2, 0) is 6.18 Å². The first-order valence-corrected chi connectivity index (χ1v) is 7.15. The van der Waals surface area contributed by atoms with Crippen LogP contribution >= 0.6 is 11.6 Å². The number of nitrogens with one attached hydrogen (secondary N) is 1. The number of alkyl halides is 3. The van der Waals surface area contributed by atoms with E-state index in [2.05, 4.69) is 5.32 Å². The van der Waals surface area contributed by atoms with Crippen LogP contribution in [0, 0.1) is 0 Å². The number of nitrogens with zero attached hydrogens (tertiary/aromatic N) is 1. The SMILES string of the molecule is CCNC1CCCN(c2c(Cl)cccc2C(F)(F)F)C1. The van der Waals surface area contributed by atoms with Crippen LogP contribution in [0.25, 0.3) is 0 Å². The predicted molar refractivity (Wildman–Crippen MR) is 75.4 cm³/mol. The summed E-state index contributed by atoms with van der Waals surface area (Å²) in [5.74, 6) is 0. The van der Waals surface area contributed by atoms with Gasteiger partial charge in [-0.1, -0.05) is 24.6 Å². The van der Waals surface area contributed by atoms with E-state index in [1.54, 1.807) is 4.90 Å². The Morgan fingerprint density at radius 1 is 1.40 bits per heavy atom. The minimum atomic E-state index is -4.38. The third-order valence-electron chi connectivity index (χ3n) is 3.52. The fourth-order valence-electron chi connectivity index (χ4n) is 2.70. The number of para-hydroxylation sites is 1. The number of rotatable bonds is 3. The summed E-state index contributed by atoms with van der Waals surface area (Å²) in [5.41, 5.74) is -0.536. The van der Waals surface area contributed by atoms with Crippen LogP contribution in [0.1, 0.15) is 25.3 Å². The standard InChI is InChI=1S/C14H18ClF3N2/c1-2-19-10-5-4-8-20(9-10)13-11(14(16,17)18)6-3-7-12(13)15/h3,6-7,10,19H,2,4-5,8-9H2,1H3. The molecule has 1 aromatic carbocycles. The molecule has 0 saturated carbocycles. The van der Waals surface area contributed by atoms with Crippen molar-refractivity contribution in [1.82, 2.24) is 5.32 Å². The second-order valence-electron chi connectivity index (χ2n) is 4.98. The zero-order chi connectivity index (χ0) is 14.8. The Labute approximate surface area is 121 Å². The molecule has 0 radical (unpaired) electrons. The number of benzene rings is 1. The molecule has 20 heavy (non-hydrogen) atoms. The van der Waals surface area contributed by atoms with Gasteiger partial charge in [0.05, 0.1) is 16.3 Å². The summed E-state index contributed by atoms with van der Waals surface area (Å²) in [6.45, 7) is 3.97. The van der Waals surface area contributed by atoms with Gasteiger partial charge in [0, 0.05) is 19.1 Å². The molecule has 1 aliphatic heterocycles. The molecule has 0 bridgehead atoms. The van der Waals surface area contributed by atoms with Gasteiger partial charge in [-0.15, -0.1) is 0 Å². The summed E-state index contributed by atoms with van der Waals surface area (Å²) in [6, 6.07) is 4.17. The number of anilines is 1. The molecular weight excluding hydrogens is 289 g/mol.